The third-order valence-corrected chi connectivity index (χ3v) is 4.79. The summed E-state index contributed by atoms with van der Waals surface area (Å²) in [6.07, 6.45) is 5.47. The Hall–Kier alpha value is -1.20. The molecule has 3 heterocycles. The zero-order valence-electron chi connectivity index (χ0n) is 12.0. The van der Waals surface area contributed by atoms with Crippen LogP contribution in [0, 0.1) is 5.92 Å². The molecule has 0 radical (unpaired) electrons. The highest BCUT2D eigenvalue weighted by Crippen LogP contribution is 2.29. The van der Waals surface area contributed by atoms with Gasteiger partial charge in [-0.1, -0.05) is 6.92 Å². The maximum atomic E-state index is 4.57. The van der Waals surface area contributed by atoms with Crippen LogP contribution in [0.25, 0.3) is 10.2 Å². The number of piperidine rings is 1. The molecule has 3 rings (SSSR count). The summed E-state index contributed by atoms with van der Waals surface area (Å²) in [4.78, 5) is 11.4. The van der Waals surface area contributed by atoms with Gasteiger partial charge in [0.25, 0.3) is 0 Å². The number of nitrogens with one attached hydrogen (secondary N) is 1. The molecule has 1 saturated heterocycles. The Bertz CT molecular complexity index is 548. The fourth-order valence-corrected chi connectivity index (χ4v) is 3.81. The zero-order chi connectivity index (χ0) is 13.8. The number of aromatic nitrogens is 2. The maximum Gasteiger partial charge on any atom is 0.150 e. The molecule has 4 nitrogen and oxygen atoms in total. The van der Waals surface area contributed by atoms with Crippen molar-refractivity contribution in [2.45, 2.75) is 26.2 Å². The first-order valence-corrected chi connectivity index (χ1v) is 8.40. The van der Waals surface area contributed by atoms with Crippen LogP contribution in [0.4, 0.5) is 5.82 Å². The molecule has 0 spiro atoms. The van der Waals surface area contributed by atoms with Crippen LogP contribution in [0.3, 0.4) is 0 Å². The van der Waals surface area contributed by atoms with Gasteiger partial charge in [0.1, 0.15) is 12.1 Å². The predicted molar refractivity (Wildman–Crippen MR) is 85.5 cm³/mol. The van der Waals surface area contributed by atoms with E-state index in [0.29, 0.717) is 0 Å². The quantitative estimate of drug-likeness (QED) is 0.919. The monoisotopic (exact) mass is 290 g/mol. The maximum absolute atomic E-state index is 4.57. The first kappa shape index (κ1) is 13.8. The van der Waals surface area contributed by atoms with E-state index in [-0.39, 0.29) is 0 Å². The molecule has 1 unspecified atom stereocenters. The van der Waals surface area contributed by atoms with Crippen molar-refractivity contribution in [1.82, 2.24) is 15.3 Å². The van der Waals surface area contributed by atoms with Gasteiger partial charge in [-0.2, -0.15) is 0 Å². The summed E-state index contributed by atoms with van der Waals surface area (Å²) in [5.74, 6) is 1.86. The van der Waals surface area contributed by atoms with Crippen LogP contribution in [0.5, 0.6) is 0 Å². The average Bonchev–Trinajstić information content (AvgIpc) is 2.96. The smallest absolute Gasteiger partial charge is 0.150 e. The summed E-state index contributed by atoms with van der Waals surface area (Å²) >= 11 is 1.75. The average molecular weight is 290 g/mol. The molecular weight excluding hydrogens is 268 g/mol. The highest BCUT2D eigenvalue weighted by Gasteiger charge is 2.19. The Labute approximate surface area is 124 Å². The molecule has 0 aliphatic carbocycles. The first-order valence-electron chi connectivity index (χ1n) is 7.52. The lowest BCUT2D eigenvalue weighted by molar-refractivity contribution is 0.376. The molecule has 1 fully saturated rings. The van der Waals surface area contributed by atoms with Gasteiger partial charge in [-0.25, -0.2) is 9.97 Å². The van der Waals surface area contributed by atoms with E-state index in [1.807, 2.05) is 0 Å². The van der Waals surface area contributed by atoms with Gasteiger partial charge in [0.2, 0.25) is 0 Å². The number of hydrogen-bond acceptors (Lipinski definition) is 5. The van der Waals surface area contributed by atoms with Crippen molar-refractivity contribution < 1.29 is 0 Å². The molecule has 0 bridgehead atoms. The lowest BCUT2D eigenvalue weighted by Gasteiger charge is -2.31. The normalized spacial score (nSPS) is 19.4. The van der Waals surface area contributed by atoms with Gasteiger partial charge >= 0.3 is 0 Å². The Balaban J connectivity index is 1.83. The molecule has 0 aromatic carbocycles. The minimum absolute atomic E-state index is 0.736. The lowest BCUT2D eigenvalue weighted by atomic mass is 9.99. The third-order valence-electron chi connectivity index (χ3n) is 3.89. The molecule has 1 N–H and O–H groups in total. The van der Waals surface area contributed by atoms with E-state index in [1.165, 1.54) is 24.1 Å². The predicted octanol–water partition coefficient (Wildman–Crippen LogP) is 2.91. The van der Waals surface area contributed by atoms with Gasteiger partial charge in [-0.3, -0.25) is 0 Å². The molecule has 0 saturated carbocycles. The second-order valence-corrected chi connectivity index (χ2v) is 6.41. The van der Waals surface area contributed by atoms with Crippen molar-refractivity contribution in [3.63, 3.8) is 0 Å². The van der Waals surface area contributed by atoms with Gasteiger partial charge in [0, 0.05) is 13.1 Å². The molecule has 108 valence electrons. The summed E-state index contributed by atoms with van der Waals surface area (Å²) < 4.78 is 1.23. The first-order chi connectivity index (χ1) is 9.88. The van der Waals surface area contributed by atoms with Crippen molar-refractivity contribution in [2.24, 2.45) is 5.92 Å². The van der Waals surface area contributed by atoms with E-state index < -0.39 is 0 Å². The summed E-state index contributed by atoms with van der Waals surface area (Å²) in [5.41, 5.74) is 1.07. The van der Waals surface area contributed by atoms with Gasteiger partial charge in [0.05, 0.1) is 10.2 Å². The minimum Gasteiger partial charge on any atom is -0.355 e. The zero-order valence-corrected chi connectivity index (χ0v) is 12.8. The van der Waals surface area contributed by atoms with Gasteiger partial charge in [-0.15, -0.1) is 11.3 Å². The topological polar surface area (TPSA) is 41.0 Å². The highest BCUT2D eigenvalue weighted by atomic mass is 32.1. The molecule has 5 heteroatoms. The second kappa shape index (κ2) is 6.50. The standard InChI is InChI=1S/C15H22N4S/c1-2-7-19(10-12-4-3-6-16-9-12)15-14-13(5-8-20-14)17-11-18-15/h5,8,11-12,16H,2-4,6-7,9-10H2,1H3. The second-order valence-electron chi connectivity index (χ2n) is 5.49. The number of nitrogens with zero attached hydrogens (tertiary/aromatic N) is 3. The van der Waals surface area contributed by atoms with E-state index in [2.05, 4.69) is 38.6 Å². The molecule has 1 aliphatic rings. The Morgan fingerprint density at radius 2 is 2.40 bits per heavy atom. The molecule has 20 heavy (non-hydrogen) atoms. The number of thiophene rings is 1. The SMILES string of the molecule is CCCN(CC1CCCNC1)c1ncnc2ccsc12. The summed E-state index contributed by atoms with van der Waals surface area (Å²) in [6, 6.07) is 2.08. The fourth-order valence-electron chi connectivity index (χ4n) is 2.95. The fraction of sp³-hybridized carbons (Fsp3) is 0.600. The van der Waals surface area contributed by atoms with E-state index in [1.54, 1.807) is 17.7 Å². The van der Waals surface area contributed by atoms with Crippen LogP contribution < -0.4 is 10.2 Å². The number of rotatable bonds is 5. The molecular formula is C15H22N4S. The molecule has 2 aromatic rings. The van der Waals surface area contributed by atoms with E-state index in [0.717, 1.165) is 43.3 Å². The van der Waals surface area contributed by atoms with Gasteiger partial charge in [-0.05, 0) is 49.7 Å². The van der Waals surface area contributed by atoms with Crippen molar-refractivity contribution in [3.05, 3.63) is 17.8 Å². The van der Waals surface area contributed by atoms with Crippen LogP contribution in [0.2, 0.25) is 0 Å². The van der Waals surface area contributed by atoms with Crippen LogP contribution in [-0.4, -0.2) is 36.1 Å². The van der Waals surface area contributed by atoms with Crippen LogP contribution >= 0.6 is 11.3 Å². The van der Waals surface area contributed by atoms with Crippen molar-refractivity contribution in [2.75, 3.05) is 31.1 Å². The Kier molecular flexibility index (Phi) is 4.47. The van der Waals surface area contributed by atoms with E-state index in [4.69, 9.17) is 0 Å². The van der Waals surface area contributed by atoms with E-state index in [9.17, 15) is 0 Å². The summed E-state index contributed by atoms with van der Waals surface area (Å²) in [5, 5.41) is 5.62. The lowest BCUT2D eigenvalue weighted by Crippen LogP contribution is -2.39. The Morgan fingerprint density at radius 1 is 1.45 bits per heavy atom. The van der Waals surface area contributed by atoms with Gasteiger partial charge in [0.15, 0.2) is 0 Å². The van der Waals surface area contributed by atoms with Crippen LogP contribution in [0.1, 0.15) is 26.2 Å². The van der Waals surface area contributed by atoms with Crippen molar-refractivity contribution in [1.29, 1.82) is 0 Å². The highest BCUT2D eigenvalue weighted by molar-refractivity contribution is 7.17. The molecule has 2 aromatic heterocycles. The number of fused-ring (bicyclic) bond motifs is 1. The number of hydrogen-bond donors (Lipinski definition) is 1. The van der Waals surface area contributed by atoms with Gasteiger partial charge < -0.3 is 10.2 Å². The summed E-state index contributed by atoms with van der Waals surface area (Å²) in [6.45, 7) is 6.72. The number of anilines is 1. The third kappa shape index (κ3) is 2.94. The summed E-state index contributed by atoms with van der Waals surface area (Å²) in [7, 11) is 0. The molecule has 1 atom stereocenters. The Morgan fingerprint density at radius 3 is 3.20 bits per heavy atom. The minimum atomic E-state index is 0.736. The van der Waals surface area contributed by atoms with Crippen molar-refractivity contribution in [3.8, 4) is 0 Å². The van der Waals surface area contributed by atoms with E-state index >= 15 is 0 Å². The van der Waals surface area contributed by atoms with Crippen LogP contribution in [0.15, 0.2) is 17.8 Å². The van der Waals surface area contributed by atoms with Crippen LogP contribution in [-0.2, 0) is 0 Å². The molecule has 0 amide bonds. The largest absolute Gasteiger partial charge is 0.355 e. The molecule has 1 aliphatic heterocycles. The van der Waals surface area contributed by atoms with Crippen molar-refractivity contribution >= 4 is 27.4 Å².